The van der Waals surface area contributed by atoms with Gasteiger partial charge in [-0.05, 0) is 31.0 Å². The number of ether oxygens (including phenoxy) is 1. The Hall–Kier alpha value is -0.580. The minimum absolute atomic E-state index is 0.258. The highest BCUT2D eigenvalue weighted by Gasteiger charge is 1.95. The summed E-state index contributed by atoms with van der Waals surface area (Å²) in [6.45, 7) is 2.87. The molecule has 3 nitrogen and oxygen atoms in total. The van der Waals surface area contributed by atoms with Gasteiger partial charge in [0.2, 0.25) is 0 Å². The van der Waals surface area contributed by atoms with Gasteiger partial charge in [-0.2, -0.15) is 0 Å². The molecule has 3 N–H and O–H groups in total. The lowest BCUT2D eigenvalue weighted by atomic mass is 10.3. The van der Waals surface area contributed by atoms with Crippen molar-refractivity contribution >= 4 is 15.9 Å². The minimum atomic E-state index is 0.258. The zero-order chi connectivity index (χ0) is 11.6. The summed E-state index contributed by atoms with van der Waals surface area (Å²) in [5, 5.41) is 10.7. The van der Waals surface area contributed by atoms with Crippen molar-refractivity contribution in [2.75, 3.05) is 26.3 Å². The van der Waals surface area contributed by atoms with Crippen molar-refractivity contribution in [2.45, 2.75) is 12.8 Å². The number of halogens is 1. The average molecular weight is 289 g/mol. The Labute approximate surface area is 105 Å². The van der Waals surface area contributed by atoms with Crippen LogP contribution in [0.5, 0.6) is 5.75 Å². The molecule has 0 saturated heterocycles. The number of hydrogen-bond acceptors (Lipinski definition) is 2. The summed E-state index contributed by atoms with van der Waals surface area (Å²) in [4.78, 5) is 0. The molecule has 0 aliphatic heterocycles. The lowest BCUT2D eigenvalue weighted by Crippen LogP contribution is -2.85. The molecular weight excluding hydrogens is 270 g/mol. The molecule has 16 heavy (non-hydrogen) atoms. The summed E-state index contributed by atoms with van der Waals surface area (Å²) in [7, 11) is 0. The average Bonchev–Trinajstić information content (AvgIpc) is 2.28. The van der Waals surface area contributed by atoms with E-state index in [1.165, 1.54) is 0 Å². The van der Waals surface area contributed by atoms with Crippen LogP contribution in [-0.4, -0.2) is 31.4 Å². The SMILES string of the molecule is OCC[NH2+]CCCCOc1cccc(Br)c1. The summed E-state index contributed by atoms with van der Waals surface area (Å²) >= 11 is 3.40. The number of hydrogen-bond donors (Lipinski definition) is 2. The van der Waals surface area contributed by atoms with Crippen LogP contribution >= 0.6 is 15.9 Å². The van der Waals surface area contributed by atoms with Crippen molar-refractivity contribution in [1.82, 2.24) is 0 Å². The van der Waals surface area contributed by atoms with Crippen LogP contribution in [0.1, 0.15) is 12.8 Å². The van der Waals surface area contributed by atoms with Crippen molar-refractivity contribution in [3.8, 4) is 5.75 Å². The van der Waals surface area contributed by atoms with Crippen molar-refractivity contribution in [2.24, 2.45) is 0 Å². The molecule has 0 radical (unpaired) electrons. The van der Waals surface area contributed by atoms with E-state index >= 15 is 0 Å². The summed E-state index contributed by atoms with van der Waals surface area (Å²) in [5.74, 6) is 0.911. The second kappa shape index (κ2) is 8.56. The molecule has 1 rings (SSSR count). The molecule has 0 saturated carbocycles. The lowest BCUT2D eigenvalue weighted by molar-refractivity contribution is -0.656. The zero-order valence-electron chi connectivity index (χ0n) is 9.36. The maximum atomic E-state index is 8.58. The second-order valence-corrected chi connectivity index (χ2v) is 4.52. The van der Waals surface area contributed by atoms with Crippen LogP contribution in [0.3, 0.4) is 0 Å². The molecule has 0 aliphatic rings. The largest absolute Gasteiger partial charge is 0.494 e. The van der Waals surface area contributed by atoms with Crippen LogP contribution < -0.4 is 10.1 Å². The number of nitrogens with two attached hydrogens (primary N) is 1. The number of aliphatic hydroxyl groups is 1. The third-order valence-corrected chi connectivity index (χ3v) is 2.69. The molecule has 0 amide bonds. The molecule has 1 aromatic carbocycles. The van der Waals surface area contributed by atoms with Gasteiger partial charge < -0.3 is 15.2 Å². The van der Waals surface area contributed by atoms with E-state index < -0.39 is 0 Å². The Bertz CT molecular complexity index is 294. The van der Waals surface area contributed by atoms with E-state index in [9.17, 15) is 0 Å². The number of quaternary nitrogens is 1. The van der Waals surface area contributed by atoms with E-state index in [4.69, 9.17) is 9.84 Å². The summed E-state index contributed by atoms with van der Waals surface area (Å²) in [5.41, 5.74) is 0. The quantitative estimate of drug-likeness (QED) is 0.706. The Morgan fingerprint density at radius 1 is 1.25 bits per heavy atom. The molecule has 0 aliphatic carbocycles. The standard InChI is InChI=1S/C12H18BrNO2/c13-11-4-3-5-12(10-11)16-9-2-1-6-14-7-8-15/h3-5,10,14-15H,1-2,6-9H2/p+1. The fraction of sp³-hybridized carbons (Fsp3) is 0.500. The molecule has 0 spiro atoms. The smallest absolute Gasteiger partial charge is 0.120 e. The van der Waals surface area contributed by atoms with Crippen molar-refractivity contribution in [1.29, 1.82) is 0 Å². The first kappa shape index (κ1) is 13.5. The fourth-order valence-corrected chi connectivity index (χ4v) is 1.75. The third-order valence-electron chi connectivity index (χ3n) is 2.20. The van der Waals surface area contributed by atoms with Crippen LogP contribution in [0.4, 0.5) is 0 Å². The number of aliphatic hydroxyl groups excluding tert-OH is 1. The van der Waals surface area contributed by atoms with Crippen molar-refractivity contribution in [3.05, 3.63) is 28.7 Å². The van der Waals surface area contributed by atoms with E-state index in [0.717, 1.165) is 42.8 Å². The summed E-state index contributed by atoms with van der Waals surface area (Å²) < 4.78 is 6.64. The Balaban J connectivity index is 2.03. The molecular formula is C12H19BrNO2+. The van der Waals surface area contributed by atoms with E-state index in [-0.39, 0.29) is 6.61 Å². The molecule has 0 unspecified atom stereocenters. The van der Waals surface area contributed by atoms with Gasteiger partial charge in [0, 0.05) is 4.47 Å². The highest BCUT2D eigenvalue weighted by molar-refractivity contribution is 9.10. The van der Waals surface area contributed by atoms with Gasteiger partial charge >= 0.3 is 0 Å². The van der Waals surface area contributed by atoms with Crippen molar-refractivity contribution in [3.63, 3.8) is 0 Å². The van der Waals surface area contributed by atoms with Gasteiger partial charge in [0.1, 0.15) is 5.75 Å². The van der Waals surface area contributed by atoms with Crippen LogP contribution in [-0.2, 0) is 0 Å². The molecule has 0 bridgehead atoms. The molecule has 1 aromatic rings. The van der Waals surface area contributed by atoms with Crippen LogP contribution in [0.15, 0.2) is 28.7 Å². The van der Waals surface area contributed by atoms with Crippen LogP contribution in [0.25, 0.3) is 0 Å². The van der Waals surface area contributed by atoms with E-state index in [1.807, 2.05) is 24.3 Å². The predicted octanol–water partition coefficient (Wildman–Crippen LogP) is 1.16. The van der Waals surface area contributed by atoms with E-state index in [0.29, 0.717) is 0 Å². The van der Waals surface area contributed by atoms with Crippen LogP contribution in [0, 0.1) is 0 Å². The number of unbranched alkanes of at least 4 members (excludes halogenated alkanes) is 1. The summed E-state index contributed by atoms with van der Waals surface area (Å²) in [6.07, 6.45) is 2.17. The monoisotopic (exact) mass is 288 g/mol. The topological polar surface area (TPSA) is 46.1 Å². The lowest BCUT2D eigenvalue weighted by Gasteiger charge is -2.05. The second-order valence-electron chi connectivity index (χ2n) is 3.60. The number of rotatable bonds is 8. The third kappa shape index (κ3) is 6.10. The first-order chi connectivity index (χ1) is 7.83. The van der Waals surface area contributed by atoms with Gasteiger partial charge in [-0.25, -0.2) is 0 Å². The van der Waals surface area contributed by atoms with Gasteiger partial charge in [0.15, 0.2) is 0 Å². The van der Waals surface area contributed by atoms with Gasteiger partial charge in [-0.15, -0.1) is 0 Å². The first-order valence-electron chi connectivity index (χ1n) is 5.64. The molecule has 0 aromatic heterocycles. The molecule has 0 fully saturated rings. The van der Waals surface area contributed by atoms with Gasteiger partial charge in [-0.3, -0.25) is 0 Å². The van der Waals surface area contributed by atoms with Gasteiger partial charge in [-0.1, -0.05) is 22.0 Å². The normalized spacial score (nSPS) is 10.4. The Kier molecular flexibility index (Phi) is 7.21. The first-order valence-corrected chi connectivity index (χ1v) is 6.43. The van der Waals surface area contributed by atoms with E-state index in [2.05, 4.69) is 21.2 Å². The molecule has 90 valence electrons. The van der Waals surface area contributed by atoms with Gasteiger partial charge in [0.05, 0.1) is 26.3 Å². The highest BCUT2D eigenvalue weighted by atomic mass is 79.9. The zero-order valence-corrected chi connectivity index (χ0v) is 10.9. The Morgan fingerprint density at radius 2 is 2.12 bits per heavy atom. The fourth-order valence-electron chi connectivity index (χ4n) is 1.37. The minimum Gasteiger partial charge on any atom is -0.494 e. The van der Waals surface area contributed by atoms with Crippen LogP contribution in [0.2, 0.25) is 0 Å². The predicted molar refractivity (Wildman–Crippen MR) is 67.6 cm³/mol. The maximum Gasteiger partial charge on any atom is 0.120 e. The molecule has 0 heterocycles. The maximum absolute atomic E-state index is 8.58. The highest BCUT2D eigenvalue weighted by Crippen LogP contribution is 2.17. The van der Waals surface area contributed by atoms with Crippen molar-refractivity contribution < 1.29 is 15.2 Å². The van der Waals surface area contributed by atoms with Gasteiger partial charge in [0.25, 0.3) is 0 Å². The molecule has 4 heteroatoms. The molecule has 0 atom stereocenters. The number of benzene rings is 1. The Morgan fingerprint density at radius 3 is 2.88 bits per heavy atom. The summed E-state index contributed by atoms with van der Waals surface area (Å²) in [6, 6.07) is 7.88. The van der Waals surface area contributed by atoms with E-state index in [1.54, 1.807) is 0 Å².